The molecule has 9 heteroatoms. The van der Waals surface area contributed by atoms with Gasteiger partial charge in [0.25, 0.3) is 5.91 Å². The van der Waals surface area contributed by atoms with Crippen LogP contribution in [-0.4, -0.2) is 64.4 Å². The lowest BCUT2D eigenvalue weighted by Gasteiger charge is -2.35. The number of carbonyl (C=O) groups is 3. The summed E-state index contributed by atoms with van der Waals surface area (Å²) < 4.78 is 5.25. The van der Waals surface area contributed by atoms with Gasteiger partial charge >= 0.3 is 6.03 Å². The normalized spacial score (nSPS) is 22.6. The van der Waals surface area contributed by atoms with E-state index in [-0.39, 0.29) is 36.3 Å². The molecule has 4 amide bonds. The number of ether oxygens (including phenoxy) is 1. The molecule has 0 unspecified atom stereocenters. The molecule has 0 spiro atoms. The fraction of sp³-hybridized carbons (Fsp3) is 0.269. The highest BCUT2D eigenvalue weighted by atomic mass is 16.5. The van der Waals surface area contributed by atoms with Gasteiger partial charge in [-0.3, -0.25) is 14.6 Å². The smallest absolute Gasteiger partial charge is 0.332 e. The van der Waals surface area contributed by atoms with Crippen LogP contribution in [-0.2, 0) is 16.0 Å². The number of likely N-dealkylation sites (tertiary alicyclic amines) is 1. The van der Waals surface area contributed by atoms with Gasteiger partial charge in [0.05, 0.1) is 42.4 Å². The Morgan fingerprint density at radius 3 is 2.86 bits per heavy atom. The first kappa shape index (κ1) is 21.1. The molecule has 0 radical (unpaired) electrons. The van der Waals surface area contributed by atoms with Gasteiger partial charge in [0.1, 0.15) is 17.9 Å². The number of methoxy groups -OCH3 is 1. The summed E-state index contributed by atoms with van der Waals surface area (Å²) in [6.45, 7) is 0.409. The minimum Gasteiger partial charge on any atom is -0.497 e. The number of fused-ring (bicyclic) bond motifs is 6. The number of aromatic nitrogens is 1. The van der Waals surface area contributed by atoms with Crippen LogP contribution in [0.25, 0.3) is 10.9 Å². The van der Waals surface area contributed by atoms with E-state index in [0.29, 0.717) is 40.9 Å². The Hall–Kier alpha value is -4.45. The Morgan fingerprint density at radius 2 is 2.06 bits per heavy atom. The van der Waals surface area contributed by atoms with Gasteiger partial charge in [-0.1, -0.05) is 12.1 Å². The van der Waals surface area contributed by atoms with Gasteiger partial charge in [-0.25, -0.2) is 9.69 Å². The number of hydrogen-bond donors (Lipinski definition) is 0. The van der Waals surface area contributed by atoms with Crippen molar-refractivity contribution in [3.05, 3.63) is 65.9 Å². The molecule has 0 aliphatic carbocycles. The van der Waals surface area contributed by atoms with Gasteiger partial charge in [0.15, 0.2) is 0 Å². The molecule has 174 valence electrons. The minimum absolute atomic E-state index is 0.0721. The van der Waals surface area contributed by atoms with E-state index in [0.717, 1.165) is 5.56 Å². The summed E-state index contributed by atoms with van der Waals surface area (Å²) in [5.41, 5.74) is 2.06. The molecule has 3 aromatic rings. The first-order chi connectivity index (χ1) is 17.0. The highest BCUT2D eigenvalue weighted by Crippen LogP contribution is 2.43. The van der Waals surface area contributed by atoms with E-state index in [4.69, 9.17) is 4.74 Å². The summed E-state index contributed by atoms with van der Waals surface area (Å²) in [4.78, 5) is 49.1. The topological polar surface area (TPSA) is 107 Å². The summed E-state index contributed by atoms with van der Waals surface area (Å²) in [5, 5.41) is 9.99. The standard InChI is InChI=1S/C26H21N5O4/c1-35-18-5-2-4-15(10-18)11-22(32)29-14-17-12-21(29)24-25(33)31(26(34)30(17)24)20-8-7-16(13-27)23-19(20)6-3-9-28-23/h2-10,17,21,24H,11-12,14H2,1H3/t17-,21-,24-/m0/s1. The largest absolute Gasteiger partial charge is 0.497 e. The van der Waals surface area contributed by atoms with Crippen LogP contribution in [0.5, 0.6) is 5.75 Å². The van der Waals surface area contributed by atoms with Crippen molar-refractivity contribution in [2.24, 2.45) is 0 Å². The van der Waals surface area contributed by atoms with Gasteiger partial charge in [-0.15, -0.1) is 0 Å². The Kier molecular flexibility index (Phi) is 4.71. The van der Waals surface area contributed by atoms with Gasteiger partial charge in [-0.05, 0) is 48.4 Å². The lowest BCUT2D eigenvalue weighted by Crippen LogP contribution is -2.55. The van der Waals surface area contributed by atoms with Crippen molar-refractivity contribution in [3.63, 3.8) is 0 Å². The molecule has 3 saturated heterocycles. The number of carbonyl (C=O) groups excluding carboxylic acids is 3. The maximum atomic E-state index is 13.6. The summed E-state index contributed by atoms with van der Waals surface area (Å²) in [7, 11) is 1.58. The number of nitriles is 1. The third kappa shape index (κ3) is 3.06. The number of pyridine rings is 1. The number of anilines is 1. The molecular formula is C26H21N5O4. The molecule has 0 N–H and O–H groups in total. The average Bonchev–Trinajstić information content (AvgIpc) is 3.55. The number of hydrogen-bond acceptors (Lipinski definition) is 6. The fourth-order valence-corrected chi connectivity index (χ4v) is 5.67. The van der Waals surface area contributed by atoms with Crippen molar-refractivity contribution in [2.75, 3.05) is 18.6 Å². The predicted molar refractivity (Wildman–Crippen MR) is 126 cm³/mol. The molecule has 2 bridgehead atoms. The average molecular weight is 467 g/mol. The number of amides is 4. The van der Waals surface area contributed by atoms with Crippen LogP contribution in [0.1, 0.15) is 17.5 Å². The monoisotopic (exact) mass is 467 g/mol. The second-order valence-electron chi connectivity index (χ2n) is 8.98. The van der Waals surface area contributed by atoms with Crippen LogP contribution in [0.3, 0.4) is 0 Å². The van der Waals surface area contributed by atoms with Crippen LogP contribution < -0.4 is 9.64 Å². The fourth-order valence-electron chi connectivity index (χ4n) is 5.67. The van der Waals surface area contributed by atoms with E-state index in [9.17, 15) is 19.6 Å². The highest BCUT2D eigenvalue weighted by Gasteiger charge is 2.62. The second kappa shape index (κ2) is 7.81. The van der Waals surface area contributed by atoms with E-state index in [1.807, 2.05) is 24.3 Å². The van der Waals surface area contributed by atoms with E-state index in [1.165, 1.54) is 4.90 Å². The Bertz CT molecular complexity index is 1450. The number of piperazine rings is 1. The molecular weight excluding hydrogens is 446 g/mol. The molecule has 6 rings (SSSR count). The summed E-state index contributed by atoms with van der Waals surface area (Å²) in [6, 6.07) is 14.5. The number of rotatable bonds is 4. The van der Waals surface area contributed by atoms with E-state index in [2.05, 4.69) is 11.1 Å². The second-order valence-corrected chi connectivity index (χ2v) is 8.98. The first-order valence-corrected chi connectivity index (χ1v) is 11.4. The molecule has 3 aliphatic heterocycles. The first-order valence-electron chi connectivity index (χ1n) is 11.4. The molecule has 0 saturated carbocycles. The van der Waals surface area contributed by atoms with Gasteiger partial charge in [-0.2, -0.15) is 5.26 Å². The molecule has 2 aromatic carbocycles. The molecule has 35 heavy (non-hydrogen) atoms. The minimum atomic E-state index is -0.710. The summed E-state index contributed by atoms with van der Waals surface area (Å²) in [6.07, 6.45) is 2.37. The number of imide groups is 1. The third-order valence-corrected chi connectivity index (χ3v) is 7.18. The molecule has 9 nitrogen and oxygen atoms in total. The van der Waals surface area contributed by atoms with Crippen molar-refractivity contribution in [1.29, 1.82) is 5.26 Å². The molecule has 4 heterocycles. The van der Waals surface area contributed by atoms with Crippen LogP contribution in [0.15, 0.2) is 54.7 Å². The van der Waals surface area contributed by atoms with E-state index >= 15 is 0 Å². The van der Waals surface area contributed by atoms with Gasteiger partial charge in [0, 0.05) is 18.1 Å². The summed E-state index contributed by atoms with van der Waals surface area (Å²) in [5.74, 6) is 0.258. The molecule has 3 aliphatic rings. The number of nitrogens with zero attached hydrogens (tertiary/aromatic N) is 5. The Balaban J connectivity index is 1.30. The SMILES string of the molecule is COc1cccc(CC(=O)N2C[C@@H]3C[C@H]2[C@H]2C(=O)N(c4ccc(C#N)c5ncccc45)C(=O)N32)c1. The summed E-state index contributed by atoms with van der Waals surface area (Å²) >= 11 is 0. The quantitative estimate of drug-likeness (QED) is 0.546. The van der Waals surface area contributed by atoms with Gasteiger partial charge < -0.3 is 14.5 Å². The predicted octanol–water partition coefficient (Wildman–Crippen LogP) is 2.48. The molecule has 3 fully saturated rings. The lowest BCUT2D eigenvalue weighted by molar-refractivity contribution is -0.135. The zero-order valence-corrected chi connectivity index (χ0v) is 18.9. The van der Waals surface area contributed by atoms with Crippen LogP contribution in [0.4, 0.5) is 10.5 Å². The van der Waals surface area contributed by atoms with Crippen molar-refractivity contribution >= 4 is 34.4 Å². The Labute approximate surface area is 201 Å². The maximum absolute atomic E-state index is 13.6. The van der Waals surface area contributed by atoms with Crippen molar-refractivity contribution in [1.82, 2.24) is 14.8 Å². The number of benzene rings is 2. The van der Waals surface area contributed by atoms with Crippen LogP contribution >= 0.6 is 0 Å². The van der Waals surface area contributed by atoms with Crippen LogP contribution in [0.2, 0.25) is 0 Å². The lowest BCUT2D eigenvalue weighted by atomic mass is 10.1. The Morgan fingerprint density at radius 1 is 1.20 bits per heavy atom. The molecule has 1 aromatic heterocycles. The van der Waals surface area contributed by atoms with Crippen LogP contribution in [0, 0.1) is 11.3 Å². The third-order valence-electron chi connectivity index (χ3n) is 7.18. The van der Waals surface area contributed by atoms with Crippen molar-refractivity contribution in [2.45, 2.75) is 31.0 Å². The van der Waals surface area contributed by atoms with E-state index in [1.54, 1.807) is 47.4 Å². The van der Waals surface area contributed by atoms with Gasteiger partial charge in [0.2, 0.25) is 5.91 Å². The highest BCUT2D eigenvalue weighted by molar-refractivity contribution is 6.25. The van der Waals surface area contributed by atoms with E-state index < -0.39 is 6.04 Å². The molecule has 3 atom stereocenters. The van der Waals surface area contributed by atoms with Crippen molar-refractivity contribution < 1.29 is 19.1 Å². The van der Waals surface area contributed by atoms with Crippen molar-refractivity contribution in [3.8, 4) is 11.8 Å². The zero-order chi connectivity index (χ0) is 24.3. The number of urea groups is 1. The maximum Gasteiger partial charge on any atom is 0.332 e. The zero-order valence-electron chi connectivity index (χ0n) is 18.9.